The lowest BCUT2D eigenvalue weighted by molar-refractivity contribution is 0.303. The molecule has 3 nitrogen and oxygen atoms in total. The Kier molecular flexibility index (Phi) is 4.27. The predicted molar refractivity (Wildman–Crippen MR) is 75.4 cm³/mol. The van der Waals surface area contributed by atoms with E-state index in [-0.39, 0.29) is 6.04 Å². The van der Waals surface area contributed by atoms with Crippen LogP contribution in [0.5, 0.6) is 0 Å². The smallest absolute Gasteiger partial charge is 0.134 e. The summed E-state index contributed by atoms with van der Waals surface area (Å²) in [4.78, 5) is 0. The molecule has 0 bridgehead atoms. The number of hydrogen-bond acceptors (Lipinski definition) is 3. The maximum absolute atomic E-state index is 5.98. The van der Waals surface area contributed by atoms with Crippen molar-refractivity contribution < 1.29 is 4.42 Å². The first kappa shape index (κ1) is 13.4. The highest BCUT2D eigenvalue weighted by molar-refractivity contribution is 6.31. The first-order chi connectivity index (χ1) is 8.69. The molecule has 0 saturated heterocycles. The number of nitrogens with two attached hydrogens (primary N) is 1. The fraction of sp³-hybridized carbons (Fsp3) is 0.429. The van der Waals surface area contributed by atoms with Gasteiger partial charge in [0.1, 0.15) is 11.3 Å². The normalized spacial score (nSPS) is 13.4. The molecule has 1 atom stereocenters. The van der Waals surface area contributed by atoms with Gasteiger partial charge in [0.25, 0.3) is 0 Å². The minimum Gasteiger partial charge on any atom is -0.459 e. The second kappa shape index (κ2) is 5.74. The number of halogens is 1. The maximum atomic E-state index is 5.98. The van der Waals surface area contributed by atoms with Crippen LogP contribution in [0.1, 0.15) is 38.5 Å². The van der Waals surface area contributed by atoms with E-state index in [1.165, 1.54) is 0 Å². The van der Waals surface area contributed by atoms with Crippen LogP contribution in [0.25, 0.3) is 11.0 Å². The summed E-state index contributed by atoms with van der Waals surface area (Å²) in [5.74, 6) is 7.01. The molecule has 1 aromatic heterocycles. The second-order valence-electron chi connectivity index (χ2n) is 4.55. The van der Waals surface area contributed by atoms with Crippen LogP contribution in [-0.4, -0.2) is 0 Å². The molecule has 0 aliphatic heterocycles. The molecule has 2 aromatic rings. The van der Waals surface area contributed by atoms with E-state index < -0.39 is 0 Å². The number of hydrogen-bond donors (Lipinski definition) is 2. The third-order valence-corrected chi connectivity index (χ3v) is 3.74. The second-order valence-corrected chi connectivity index (χ2v) is 4.99. The lowest BCUT2D eigenvalue weighted by Gasteiger charge is -2.22. The van der Waals surface area contributed by atoms with Crippen LogP contribution < -0.4 is 11.3 Å². The molecule has 0 aliphatic rings. The van der Waals surface area contributed by atoms with Crippen molar-refractivity contribution in [2.24, 2.45) is 11.8 Å². The van der Waals surface area contributed by atoms with Crippen molar-refractivity contribution >= 4 is 22.6 Å². The number of hydrazine groups is 1. The van der Waals surface area contributed by atoms with Crippen molar-refractivity contribution in [1.29, 1.82) is 0 Å². The molecule has 98 valence electrons. The summed E-state index contributed by atoms with van der Waals surface area (Å²) in [6.45, 7) is 4.33. The molecule has 18 heavy (non-hydrogen) atoms. The summed E-state index contributed by atoms with van der Waals surface area (Å²) >= 11 is 5.98. The van der Waals surface area contributed by atoms with E-state index in [2.05, 4.69) is 19.3 Å². The summed E-state index contributed by atoms with van der Waals surface area (Å²) in [5, 5.41) is 1.73. The van der Waals surface area contributed by atoms with Gasteiger partial charge in [0.2, 0.25) is 0 Å². The summed E-state index contributed by atoms with van der Waals surface area (Å²) in [7, 11) is 0. The summed E-state index contributed by atoms with van der Waals surface area (Å²) in [6, 6.07) is 7.70. The van der Waals surface area contributed by atoms with Gasteiger partial charge in [-0.25, -0.2) is 5.43 Å². The maximum Gasteiger partial charge on any atom is 0.134 e. The molecule has 0 radical (unpaired) electrons. The predicted octanol–water partition coefficient (Wildman–Crippen LogP) is 4.03. The van der Waals surface area contributed by atoms with Gasteiger partial charge in [0.15, 0.2) is 0 Å². The largest absolute Gasteiger partial charge is 0.459 e. The van der Waals surface area contributed by atoms with Crippen LogP contribution in [0.3, 0.4) is 0 Å². The Morgan fingerprint density at radius 2 is 2.00 bits per heavy atom. The average Bonchev–Trinajstić information content (AvgIpc) is 2.78. The average molecular weight is 267 g/mol. The molecule has 0 amide bonds. The van der Waals surface area contributed by atoms with Crippen molar-refractivity contribution in [1.82, 2.24) is 5.43 Å². The van der Waals surface area contributed by atoms with Gasteiger partial charge in [-0.3, -0.25) is 5.84 Å². The van der Waals surface area contributed by atoms with Crippen LogP contribution in [0.15, 0.2) is 28.7 Å². The number of benzene rings is 1. The zero-order chi connectivity index (χ0) is 13.1. The Labute approximate surface area is 112 Å². The van der Waals surface area contributed by atoms with Crippen LogP contribution in [0.4, 0.5) is 0 Å². The van der Waals surface area contributed by atoms with Gasteiger partial charge in [-0.1, -0.05) is 38.3 Å². The lowest BCUT2D eigenvalue weighted by atomic mass is 9.93. The number of fused-ring (bicyclic) bond motifs is 1. The molecule has 4 heteroatoms. The Morgan fingerprint density at radius 1 is 1.28 bits per heavy atom. The molecule has 1 unspecified atom stereocenters. The van der Waals surface area contributed by atoms with E-state index in [1.54, 1.807) is 0 Å². The van der Waals surface area contributed by atoms with E-state index in [0.717, 1.165) is 34.6 Å². The van der Waals surface area contributed by atoms with E-state index >= 15 is 0 Å². The molecule has 0 aliphatic carbocycles. The first-order valence-electron chi connectivity index (χ1n) is 6.34. The molecular weight excluding hydrogens is 248 g/mol. The van der Waals surface area contributed by atoms with Gasteiger partial charge in [-0.2, -0.15) is 0 Å². The Bertz CT molecular complexity index is 519. The minimum absolute atomic E-state index is 0.0474. The van der Waals surface area contributed by atoms with Crippen LogP contribution in [0.2, 0.25) is 5.02 Å². The van der Waals surface area contributed by atoms with Gasteiger partial charge in [0, 0.05) is 10.4 Å². The SMILES string of the molecule is CCC(CC)C(NN)c1cc2cc(Cl)ccc2o1. The zero-order valence-corrected chi connectivity index (χ0v) is 11.5. The van der Waals surface area contributed by atoms with E-state index in [0.29, 0.717) is 5.92 Å². The molecule has 0 spiro atoms. The highest BCUT2D eigenvalue weighted by atomic mass is 35.5. The minimum atomic E-state index is 0.0474. The van der Waals surface area contributed by atoms with Crippen molar-refractivity contribution in [3.05, 3.63) is 35.0 Å². The van der Waals surface area contributed by atoms with Gasteiger partial charge in [-0.15, -0.1) is 0 Å². The van der Waals surface area contributed by atoms with E-state index in [1.807, 2.05) is 24.3 Å². The fourth-order valence-corrected chi connectivity index (χ4v) is 2.58. The van der Waals surface area contributed by atoms with Crippen molar-refractivity contribution in [3.8, 4) is 0 Å². The molecule has 1 aromatic carbocycles. The third kappa shape index (κ3) is 2.53. The van der Waals surface area contributed by atoms with Gasteiger partial charge in [0.05, 0.1) is 6.04 Å². The van der Waals surface area contributed by atoms with Crippen LogP contribution >= 0.6 is 11.6 Å². The molecule has 2 rings (SSSR count). The van der Waals surface area contributed by atoms with Crippen molar-refractivity contribution in [2.75, 3.05) is 0 Å². The molecule has 0 fully saturated rings. The first-order valence-corrected chi connectivity index (χ1v) is 6.72. The standard InChI is InChI=1S/C14H19ClN2O/c1-3-9(4-2)14(17-16)13-8-10-7-11(15)5-6-12(10)18-13/h5-9,14,17H,3-4,16H2,1-2H3. The number of rotatable bonds is 5. The summed E-state index contributed by atoms with van der Waals surface area (Å²) in [6.07, 6.45) is 2.12. The molecule has 0 saturated carbocycles. The zero-order valence-electron chi connectivity index (χ0n) is 10.7. The van der Waals surface area contributed by atoms with Crippen molar-refractivity contribution in [2.45, 2.75) is 32.7 Å². The number of furan rings is 1. The highest BCUT2D eigenvalue weighted by Gasteiger charge is 2.22. The quantitative estimate of drug-likeness (QED) is 0.635. The Balaban J connectivity index is 2.39. The lowest BCUT2D eigenvalue weighted by Crippen LogP contribution is -2.32. The monoisotopic (exact) mass is 266 g/mol. The molecule has 1 heterocycles. The van der Waals surface area contributed by atoms with Gasteiger partial charge < -0.3 is 4.42 Å². The summed E-state index contributed by atoms with van der Waals surface area (Å²) in [5.41, 5.74) is 3.72. The van der Waals surface area contributed by atoms with Crippen LogP contribution in [-0.2, 0) is 0 Å². The topological polar surface area (TPSA) is 51.2 Å². The molecular formula is C14H19ClN2O. The fourth-order valence-electron chi connectivity index (χ4n) is 2.40. The Hall–Kier alpha value is -1.03. The van der Waals surface area contributed by atoms with E-state index in [4.69, 9.17) is 21.9 Å². The van der Waals surface area contributed by atoms with Crippen LogP contribution in [0, 0.1) is 5.92 Å². The third-order valence-electron chi connectivity index (χ3n) is 3.50. The Morgan fingerprint density at radius 3 is 2.61 bits per heavy atom. The van der Waals surface area contributed by atoms with Gasteiger partial charge >= 0.3 is 0 Å². The van der Waals surface area contributed by atoms with E-state index in [9.17, 15) is 0 Å². The molecule has 3 N–H and O–H groups in total. The van der Waals surface area contributed by atoms with Gasteiger partial charge in [-0.05, 0) is 30.2 Å². The van der Waals surface area contributed by atoms with Crippen molar-refractivity contribution in [3.63, 3.8) is 0 Å². The number of nitrogens with one attached hydrogen (secondary N) is 1. The summed E-state index contributed by atoms with van der Waals surface area (Å²) < 4.78 is 5.86. The highest BCUT2D eigenvalue weighted by Crippen LogP contribution is 2.31.